The molecule has 2 aromatic heterocycles. The lowest BCUT2D eigenvalue weighted by molar-refractivity contribution is -0.122. The van der Waals surface area contributed by atoms with Crippen molar-refractivity contribution in [1.82, 2.24) is 9.38 Å². The van der Waals surface area contributed by atoms with E-state index in [0.717, 1.165) is 23.2 Å². The molecule has 30 heavy (non-hydrogen) atoms. The van der Waals surface area contributed by atoms with Crippen LogP contribution in [0.25, 0.3) is 16.9 Å². The van der Waals surface area contributed by atoms with Gasteiger partial charge in [-0.3, -0.25) is 14.0 Å². The second-order valence-corrected chi connectivity index (χ2v) is 7.71. The monoisotopic (exact) mass is 409 g/mol. The fourth-order valence-corrected chi connectivity index (χ4v) is 3.41. The molecule has 0 aliphatic carbocycles. The predicted molar refractivity (Wildman–Crippen MR) is 115 cm³/mol. The van der Waals surface area contributed by atoms with Crippen LogP contribution in [0.5, 0.6) is 11.5 Å². The number of nitrogens with zero attached hydrogens (tertiary/aromatic N) is 2. The number of hydrogen-bond donors (Lipinski definition) is 1. The van der Waals surface area contributed by atoms with Crippen LogP contribution in [0.15, 0.2) is 36.7 Å². The number of ketones is 1. The Morgan fingerprint density at radius 3 is 2.30 bits per heavy atom. The first kappa shape index (κ1) is 21.4. The van der Waals surface area contributed by atoms with Gasteiger partial charge < -0.3 is 15.2 Å². The van der Waals surface area contributed by atoms with Crippen LogP contribution in [0, 0.1) is 0 Å². The number of rotatable bonds is 8. The highest BCUT2D eigenvalue weighted by Gasteiger charge is 2.28. The molecule has 0 radical (unpaired) electrons. The lowest BCUT2D eigenvalue weighted by atomic mass is 9.84. The third kappa shape index (κ3) is 3.63. The van der Waals surface area contributed by atoms with Crippen LogP contribution in [0.2, 0.25) is 0 Å². The Bertz CT molecular complexity index is 1090. The molecule has 7 nitrogen and oxygen atoms in total. The molecule has 1 aromatic carbocycles. The van der Waals surface area contributed by atoms with Crippen molar-refractivity contribution < 1.29 is 19.1 Å². The third-order valence-electron chi connectivity index (χ3n) is 5.41. The van der Waals surface area contributed by atoms with Crippen molar-refractivity contribution in [2.45, 2.75) is 39.0 Å². The van der Waals surface area contributed by atoms with E-state index in [1.54, 1.807) is 20.0 Å². The minimum Gasteiger partial charge on any atom is -0.496 e. The van der Waals surface area contributed by atoms with Crippen molar-refractivity contribution in [3.8, 4) is 22.8 Å². The fraction of sp³-hybridized carbons (Fsp3) is 0.348. The van der Waals surface area contributed by atoms with E-state index >= 15 is 0 Å². The van der Waals surface area contributed by atoms with Gasteiger partial charge in [0.2, 0.25) is 5.91 Å². The number of pyridine rings is 1. The SMILES string of the molecule is CCCC(=O)c1c(OC)cc(-c2cnc3cc(C(C)(C)C(N)=O)ccn23)cc1OC. The Hall–Kier alpha value is -3.35. The second kappa shape index (κ2) is 8.18. The van der Waals surface area contributed by atoms with Gasteiger partial charge in [0.1, 0.15) is 22.7 Å². The summed E-state index contributed by atoms with van der Waals surface area (Å²) in [6, 6.07) is 7.34. The van der Waals surface area contributed by atoms with Gasteiger partial charge in [0.05, 0.1) is 31.5 Å². The molecule has 7 heteroatoms. The smallest absolute Gasteiger partial charge is 0.227 e. The van der Waals surface area contributed by atoms with E-state index in [4.69, 9.17) is 15.2 Å². The quantitative estimate of drug-likeness (QED) is 0.572. The Labute approximate surface area is 175 Å². The number of amides is 1. The van der Waals surface area contributed by atoms with Gasteiger partial charge in [0, 0.05) is 18.2 Å². The van der Waals surface area contributed by atoms with E-state index < -0.39 is 11.3 Å². The number of carbonyl (C=O) groups is 2. The van der Waals surface area contributed by atoms with Gasteiger partial charge >= 0.3 is 0 Å². The van der Waals surface area contributed by atoms with Crippen LogP contribution in [-0.4, -0.2) is 35.3 Å². The van der Waals surface area contributed by atoms with Gasteiger partial charge in [-0.2, -0.15) is 0 Å². The number of aromatic nitrogens is 2. The molecule has 0 atom stereocenters. The molecule has 3 rings (SSSR count). The van der Waals surface area contributed by atoms with E-state index in [1.165, 1.54) is 14.2 Å². The topological polar surface area (TPSA) is 95.9 Å². The highest BCUT2D eigenvalue weighted by atomic mass is 16.5. The zero-order valence-electron chi connectivity index (χ0n) is 18.0. The number of nitrogens with two attached hydrogens (primary N) is 1. The summed E-state index contributed by atoms with van der Waals surface area (Å²) >= 11 is 0. The lowest BCUT2D eigenvalue weighted by Gasteiger charge is -2.21. The molecule has 0 unspecified atom stereocenters. The molecule has 1 amide bonds. The summed E-state index contributed by atoms with van der Waals surface area (Å²) in [6.45, 7) is 5.52. The second-order valence-electron chi connectivity index (χ2n) is 7.71. The number of Topliss-reactive ketones (excluding diaryl/α,β-unsaturated/α-hetero) is 1. The number of fused-ring (bicyclic) bond motifs is 1. The summed E-state index contributed by atoms with van der Waals surface area (Å²) in [4.78, 5) is 28.9. The first-order valence-electron chi connectivity index (χ1n) is 9.81. The molecule has 0 saturated carbocycles. The van der Waals surface area contributed by atoms with E-state index in [2.05, 4.69) is 4.98 Å². The highest BCUT2D eigenvalue weighted by molar-refractivity contribution is 6.02. The fourth-order valence-electron chi connectivity index (χ4n) is 3.41. The molecule has 2 heterocycles. The van der Waals surface area contributed by atoms with Crippen LogP contribution in [-0.2, 0) is 10.2 Å². The molecule has 0 bridgehead atoms. The van der Waals surface area contributed by atoms with E-state index in [9.17, 15) is 9.59 Å². The molecule has 3 aromatic rings. The highest BCUT2D eigenvalue weighted by Crippen LogP contribution is 2.36. The first-order valence-corrected chi connectivity index (χ1v) is 9.81. The van der Waals surface area contributed by atoms with Crippen molar-refractivity contribution in [1.29, 1.82) is 0 Å². The molecule has 0 spiro atoms. The average Bonchev–Trinajstić information content (AvgIpc) is 3.15. The number of hydrogen-bond acceptors (Lipinski definition) is 5. The standard InChI is InChI=1S/C23H27N3O4/c1-6-7-17(27)21-18(29-4)10-14(11-19(21)30-5)16-13-25-20-12-15(8-9-26(16)20)23(2,3)22(24)28/h8-13H,6-7H2,1-5H3,(H2,24,28). The molecule has 0 aliphatic heterocycles. The summed E-state index contributed by atoms with van der Waals surface area (Å²) in [5.41, 5.74) is 8.26. The van der Waals surface area contributed by atoms with Crippen LogP contribution >= 0.6 is 0 Å². The summed E-state index contributed by atoms with van der Waals surface area (Å²) < 4.78 is 12.9. The van der Waals surface area contributed by atoms with Gasteiger partial charge in [-0.25, -0.2) is 4.98 Å². The molecule has 2 N–H and O–H groups in total. The number of benzene rings is 1. The number of ether oxygens (including phenoxy) is 2. The van der Waals surface area contributed by atoms with Crippen LogP contribution < -0.4 is 15.2 Å². The van der Waals surface area contributed by atoms with E-state index in [0.29, 0.717) is 29.1 Å². The summed E-state index contributed by atoms with van der Waals surface area (Å²) in [5.74, 6) is 0.503. The molecule has 0 aliphatic rings. The van der Waals surface area contributed by atoms with Crippen LogP contribution in [0.1, 0.15) is 49.5 Å². The number of methoxy groups -OCH3 is 2. The van der Waals surface area contributed by atoms with Crippen LogP contribution in [0.4, 0.5) is 0 Å². The predicted octanol–water partition coefficient (Wildman–Crippen LogP) is 3.76. The number of carbonyl (C=O) groups excluding carboxylic acids is 2. The maximum absolute atomic E-state index is 12.6. The Balaban J connectivity index is 2.14. The zero-order chi connectivity index (χ0) is 22.1. The van der Waals surface area contributed by atoms with Gasteiger partial charge in [-0.05, 0) is 50.1 Å². The minimum atomic E-state index is -0.804. The maximum Gasteiger partial charge on any atom is 0.227 e. The number of primary amides is 1. The zero-order valence-corrected chi connectivity index (χ0v) is 18.0. The molecule has 0 fully saturated rings. The third-order valence-corrected chi connectivity index (χ3v) is 5.41. The Morgan fingerprint density at radius 1 is 1.13 bits per heavy atom. The normalized spacial score (nSPS) is 11.5. The average molecular weight is 409 g/mol. The largest absolute Gasteiger partial charge is 0.496 e. The Kier molecular flexibility index (Phi) is 5.82. The van der Waals surface area contributed by atoms with Crippen LogP contribution in [0.3, 0.4) is 0 Å². The molecular formula is C23H27N3O4. The molecule has 0 saturated heterocycles. The summed E-state index contributed by atoms with van der Waals surface area (Å²) in [5, 5.41) is 0. The van der Waals surface area contributed by atoms with E-state index in [-0.39, 0.29) is 5.78 Å². The molecule has 158 valence electrons. The Morgan fingerprint density at radius 2 is 1.77 bits per heavy atom. The van der Waals surface area contributed by atoms with Gasteiger partial charge in [-0.1, -0.05) is 6.92 Å². The summed E-state index contributed by atoms with van der Waals surface area (Å²) in [7, 11) is 3.07. The van der Waals surface area contributed by atoms with Gasteiger partial charge in [-0.15, -0.1) is 0 Å². The van der Waals surface area contributed by atoms with E-state index in [1.807, 2.05) is 41.8 Å². The van der Waals surface area contributed by atoms with Crippen molar-refractivity contribution in [3.63, 3.8) is 0 Å². The minimum absolute atomic E-state index is 0.0192. The maximum atomic E-state index is 12.6. The molecular weight excluding hydrogens is 382 g/mol. The van der Waals surface area contributed by atoms with Crippen molar-refractivity contribution in [2.24, 2.45) is 5.73 Å². The van der Waals surface area contributed by atoms with Crippen molar-refractivity contribution >= 4 is 17.3 Å². The van der Waals surface area contributed by atoms with Gasteiger partial charge in [0.25, 0.3) is 0 Å². The van der Waals surface area contributed by atoms with Gasteiger partial charge in [0.15, 0.2) is 5.78 Å². The van der Waals surface area contributed by atoms with Crippen molar-refractivity contribution in [2.75, 3.05) is 14.2 Å². The lowest BCUT2D eigenvalue weighted by Crippen LogP contribution is -2.35. The van der Waals surface area contributed by atoms with Crippen molar-refractivity contribution in [3.05, 3.63) is 47.8 Å². The number of imidazole rings is 1. The summed E-state index contributed by atoms with van der Waals surface area (Å²) in [6.07, 6.45) is 4.75. The first-order chi connectivity index (χ1) is 14.2.